The Labute approximate surface area is 181 Å². The molecule has 0 aromatic heterocycles. The molecule has 6 nitrogen and oxygen atoms in total. The van der Waals surface area contributed by atoms with Crippen LogP contribution in [-0.2, 0) is 14.3 Å². The van der Waals surface area contributed by atoms with Crippen molar-refractivity contribution < 1.29 is 23.8 Å². The van der Waals surface area contributed by atoms with Gasteiger partial charge in [-0.3, -0.25) is 4.79 Å². The third-order valence-corrected chi connectivity index (χ3v) is 4.67. The van der Waals surface area contributed by atoms with Gasteiger partial charge in [0, 0.05) is 12.3 Å². The molecule has 1 rings (SSSR count). The summed E-state index contributed by atoms with van der Waals surface area (Å²) >= 11 is 0. The van der Waals surface area contributed by atoms with Crippen LogP contribution >= 0.6 is 0 Å². The first-order chi connectivity index (χ1) is 14.3. The summed E-state index contributed by atoms with van der Waals surface area (Å²) in [5.74, 6) is 0.0880. The van der Waals surface area contributed by atoms with Crippen molar-refractivity contribution in [2.45, 2.75) is 79.2 Å². The zero-order chi connectivity index (χ0) is 22.6. The second-order valence-electron chi connectivity index (χ2n) is 8.13. The maximum atomic E-state index is 13.1. The second kappa shape index (κ2) is 13.3. The summed E-state index contributed by atoms with van der Waals surface area (Å²) in [6, 6.07) is 5.05. The van der Waals surface area contributed by atoms with Crippen molar-refractivity contribution in [3.05, 3.63) is 23.8 Å². The molecule has 0 unspecified atom stereocenters. The molecule has 0 saturated heterocycles. The average Bonchev–Trinajstić information content (AvgIpc) is 2.71. The van der Waals surface area contributed by atoms with Crippen LogP contribution in [-0.4, -0.2) is 37.3 Å². The third kappa shape index (κ3) is 8.34. The number of carbonyl (C=O) groups excluding carboxylic acids is 2. The quantitative estimate of drug-likeness (QED) is 0.312. The number of carbonyl (C=O) groups is 2. The van der Waals surface area contributed by atoms with Gasteiger partial charge in [-0.25, -0.2) is 4.79 Å². The van der Waals surface area contributed by atoms with Crippen LogP contribution in [0.4, 0.5) is 5.69 Å². The highest BCUT2D eigenvalue weighted by molar-refractivity contribution is 5.99. The van der Waals surface area contributed by atoms with Crippen molar-refractivity contribution in [2.24, 2.45) is 5.92 Å². The molecule has 0 spiro atoms. The van der Waals surface area contributed by atoms with Crippen molar-refractivity contribution >= 4 is 17.6 Å². The van der Waals surface area contributed by atoms with Gasteiger partial charge in [-0.05, 0) is 50.8 Å². The monoisotopic (exact) mass is 421 g/mol. The maximum absolute atomic E-state index is 13.1. The summed E-state index contributed by atoms with van der Waals surface area (Å²) < 4.78 is 16.9. The van der Waals surface area contributed by atoms with Gasteiger partial charge in [0.2, 0.25) is 0 Å². The Bertz CT molecular complexity index is 674. The predicted octanol–water partition coefficient (Wildman–Crippen LogP) is 5.60. The SMILES string of the molecule is CCCCC[C@](C)(OCCC)C(=O)Nc1ccc(OCC(C)C)c(C(=O)OCC)c1. The van der Waals surface area contributed by atoms with E-state index < -0.39 is 11.6 Å². The van der Waals surface area contributed by atoms with E-state index in [2.05, 4.69) is 12.2 Å². The first-order valence-corrected chi connectivity index (χ1v) is 11.2. The second-order valence-corrected chi connectivity index (χ2v) is 8.13. The number of rotatable bonds is 14. The van der Waals surface area contributed by atoms with Crippen LogP contribution in [0.15, 0.2) is 18.2 Å². The Morgan fingerprint density at radius 3 is 2.43 bits per heavy atom. The molecule has 1 N–H and O–H groups in total. The van der Waals surface area contributed by atoms with Gasteiger partial charge >= 0.3 is 5.97 Å². The van der Waals surface area contributed by atoms with Gasteiger partial charge in [-0.15, -0.1) is 0 Å². The standard InChI is InChI=1S/C24H39NO5/c1-7-10-11-14-24(6,30-15-8-2)23(27)25-19-12-13-21(29-17-18(4)5)20(16-19)22(26)28-9-3/h12-13,16,18H,7-11,14-15,17H2,1-6H3,(H,25,27)/t24-/m0/s1. The van der Waals surface area contributed by atoms with E-state index in [1.165, 1.54) is 0 Å². The van der Waals surface area contributed by atoms with Gasteiger partial charge in [0.05, 0.1) is 13.2 Å². The molecule has 0 saturated carbocycles. The number of hydrogen-bond acceptors (Lipinski definition) is 5. The van der Waals surface area contributed by atoms with E-state index in [4.69, 9.17) is 14.2 Å². The number of anilines is 1. The molecule has 6 heteroatoms. The molecule has 170 valence electrons. The molecule has 1 amide bonds. The predicted molar refractivity (Wildman–Crippen MR) is 120 cm³/mol. The third-order valence-electron chi connectivity index (χ3n) is 4.67. The highest BCUT2D eigenvalue weighted by Gasteiger charge is 2.33. The van der Waals surface area contributed by atoms with E-state index in [-0.39, 0.29) is 12.5 Å². The number of nitrogens with one attached hydrogen (secondary N) is 1. The summed E-state index contributed by atoms with van der Waals surface area (Å²) in [5.41, 5.74) is -0.0959. The Morgan fingerprint density at radius 2 is 1.83 bits per heavy atom. The Morgan fingerprint density at radius 1 is 1.10 bits per heavy atom. The van der Waals surface area contributed by atoms with Crippen LogP contribution in [0.2, 0.25) is 0 Å². The normalized spacial score (nSPS) is 13.0. The molecule has 0 aliphatic rings. The van der Waals surface area contributed by atoms with E-state index in [1.807, 2.05) is 27.7 Å². The number of hydrogen-bond donors (Lipinski definition) is 1. The van der Waals surface area contributed by atoms with Crippen molar-refractivity contribution in [2.75, 3.05) is 25.1 Å². The Balaban J connectivity index is 3.06. The first kappa shape index (κ1) is 26.0. The van der Waals surface area contributed by atoms with Gasteiger partial charge in [-0.1, -0.05) is 47.0 Å². The summed E-state index contributed by atoms with van der Waals surface area (Å²) in [4.78, 5) is 25.5. The highest BCUT2D eigenvalue weighted by Crippen LogP contribution is 2.27. The largest absolute Gasteiger partial charge is 0.492 e. The van der Waals surface area contributed by atoms with E-state index in [0.29, 0.717) is 42.6 Å². The lowest BCUT2D eigenvalue weighted by molar-refractivity contribution is -0.140. The minimum Gasteiger partial charge on any atom is -0.492 e. The van der Waals surface area contributed by atoms with E-state index in [9.17, 15) is 9.59 Å². The lowest BCUT2D eigenvalue weighted by atomic mass is 9.96. The van der Waals surface area contributed by atoms with Crippen molar-refractivity contribution in [1.82, 2.24) is 0 Å². The van der Waals surface area contributed by atoms with Crippen LogP contribution < -0.4 is 10.1 Å². The van der Waals surface area contributed by atoms with E-state index >= 15 is 0 Å². The number of benzene rings is 1. The molecule has 0 bridgehead atoms. The Hall–Kier alpha value is -2.08. The lowest BCUT2D eigenvalue weighted by Crippen LogP contribution is -2.43. The number of unbranched alkanes of at least 4 members (excludes halogenated alkanes) is 2. The molecule has 0 heterocycles. The zero-order valence-electron chi connectivity index (χ0n) is 19.5. The highest BCUT2D eigenvalue weighted by atomic mass is 16.5. The molecule has 1 aromatic carbocycles. The van der Waals surface area contributed by atoms with Crippen LogP contribution in [0.1, 0.15) is 84.0 Å². The summed E-state index contributed by atoms with van der Waals surface area (Å²) in [7, 11) is 0. The molecule has 0 fully saturated rings. The van der Waals surface area contributed by atoms with Crippen LogP contribution in [0.25, 0.3) is 0 Å². The van der Waals surface area contributed by atoms with Crippen LogP contribution in [0.5, 0.6) is 5.75 Å². The van der Waals surface area contributed by atoms with Crippen molar-refractivity contribution in [3.63, 3.8) is 0 Å². The van der Waals surface area contributed by atoms with Crippen molar-refractivity contribution in [1.29, 1.82) is 0 Å². The molecule has 1 atom stereocenters. The summed E-state index contributed by atoms with van der Waals surface area (Å²) in [5, 5.41) is 2.92. The molecule has 0 aliphatic heterocycles. The van der Waals surface area contributed by atoms with Gasteiger partial charge in [0.15, 0.2) is 0 Å². The fourth-order valence-electron chi connectivity index (χ4n) is 2.91. The van der Waals surface area contributed by atoms with Crippen LogP contribution in [0, 0.1) is 5.92 Å². The molecule has 30 heavy (non-hydrogen) atoms. The van der Waals surface area contributed by atoms with Gasteiger partial charge in [-0.2, -0.15) is 0 Å². The minimum atomic E-state index is -0.915. The number of amides is 1. The summed E-state index contributed by atoms with van der Waals surface area (Å²) in [6.07, 6.45) is 4.53. The van der Waals surface area contributed by atoms with Gasteiger partial charge in [0.1, 0.15) is 16.9 Å². The average molecular weight is 422 g/mol. The van der Waals surface area contributed by atoms with Crippen molar-refractivity contribution in [3.8, 4) is 5.75 Å². The lowest BCUT2D eigenvalue weighted by Gasteiger charge is -2.29. The molecular weight excluding hydrogens is 382 g/mol. The van der Waals surface area contributed by atoms with E-state index in [1.54, 1.807) is 25.1 Å². The first-order valence-electron chi connectivity index (χ1n) is 11.2. The van der Waals surface area contributed by atoms with Gasteiger partial charge in [0.25, 0.3) is 5.91 Å². The fourth-order valence-corrected chi connectivity index (χ4v) is 2.91. The van der Waals surface area contributed by atoms with E-state index in [0.717, 1.165) is 25.7 Å². The maximum Gasteiger partial charge on any atom is 0.341 e. The number of esters is 1. The molecule has 0 radical (unpaired) electrons. The Kier molecular flexibility index (Phi) is 11.5. The fraction of sp³-hybridized carbons (Fsp3) is 0.667. The smallest absolute Gasteiger partial charge is 0.341 e. The van der Waals surface area contributed by atoms with Crippen LogP contribution in [0.3, 0.4) is 0 Å². The summed E-state index contributed by atoms with van der Waals surface area (Å²) in [6.45, 7) is 13.1. The topological polar surface area (TPSA) is 73.9 Å². The zero-order valence-corrected chi connectivity index (χ0v) is 19.5. The van der Waals surface area contributed by atoms with Gasteiger partial charge < -0.3 is 19.5 Å². The molecular formula is C24H39NO5. The molecule has 1 aromatic rings. The number of ether oxygens (including phenoxy) is 3. The molecule has 0 aliphatic carbocycles. The minimum absolute atomic E-state index is 0.210.